The lowest BCUT2D eigenvalue weighted by Crippen LogP contribution is -2.62. The van der Waals surface area contributed by atoms with Crippen LogP contribution in [0.4, 0.5) is 0 Å². The molecule has 792 valence electrons. The lowest BCUT2D eigenvalue weighted by atomic mass is 9.95. The number of nitrogens with one attached hydrogen (secondary N) is 18. The summed E-state index contributed by atoms with van der Waals surface area (Å²) >= 11 is 4.33. The number of hydrogen-bond acceptors (Lipinski definition) is 26. The van der Waals surface area contributed by atoms with Gasteiger partial charge in [0.05, 0.1) is 18.6 Å². The van der Waals surface area contributed by atoms with Crippen molar-refractivity contribution in [3.63, 3.8) is 0 Å². The molecule has 2 fully saturated rings. The predicted octanol–water partition coefficient (Wildman–Crippen LogP) is -4.91. The SMILES string of the molecule is CC[C@H](C)[C@H](NC(=O)[C@H](CCCCN)NC(=O)[C@H](CC(N)=O)NC(=O)[C@@H]1CCCN1C(=O)[C@H](CCCNC(=N)N)NC(=O)[C@@H](NC(=O)[C@H](CCC(=O)O)NC(=O)[C@H](CS)NC(=O)[C@H](CC(C)C)NC(=O)[C@@H](NC(=O)[C@H](CC(C)C)NC(=O)[C@H](CCCNC(=N)N)NC(=O)[C@@H]1CCCN1C(=O)[C@@H](NC(=O)[C@@H](N)Cc1ccccc1)[C@@H](C)O)C(C)C)C(C)C)C(=O)N[C@H](C(=O)N[C@@H](CCC(=O)O)C(=O)O)C(C)C. The number of thiol groups is 1. The summed E-state index contributed by atoms with van der Waals surface area (Å²) < 4.78 is 0. The van der Waals surface area contributed by atoms with E-state index in [-0.39, 0.29) is 134 Å². The molecule has 0 aromatic heterocycles. The zero-order chi connectivity index (χ0) is 107. The maximum absolute atomic E-state index is 15.0. The van der Waals surface area contributed by atoms with E-state index in [0.717, 1.165) is 10.5 Å². The number of carboxylic acids is 3. The molecule has 50 heteroatoms. The molecule has 2 aliphatic rings. The lowest BCUT2D eigenvalue weighted by molar-refractivity contribution is -0.144. The van der Waals surface area contributed by atoms with Crippen LogP contribution >= 0.6 is 12.6 Å². The van der Waals surface area contributed by atoms with Crippen molar-refractivity contribution in [3.8, 4) is 0 Å². The summed E-state index contributed by atoms with van der Waals surface area (Å²) in [7, 11) is 0. The molecule has 0 unspecified atom stereocenters. The first-order chi connectivity index (χ1) is 66.2. The lowest BCUT2D eigenvalue weighted by Gasteiger charge is -2.32. The van der Waals surface area contributed by atoms with Gasteiger partial charge in [-0.3, -0.25) is 102 Å². The molecule has 2 aliphatic heterocycles. The van der Waals surface area contributed by atoms with Crippen LogP contribution in [0.5, 0.6) is 0 Å². The molecule has 0 aliphatic carbocycles. The minimum Gasteiger partial charge on any atom is -0.481 e. The van der Waals surface area contributed by atoms with Gasteiger partial charge in [0.25, 0.3) is 0 Å². The molecular weight excluding hydrogens is 1860 g/mol. The summed E-state index contributed by atoms with van der Waals surface area (Å²) in [5.74, 6) is -25.2. The zero-order valence-corrected chi connectivity index (χ0v) is 83.7. The fourth-order valence-corrected chi connectivity index (χ4v) is 16.0. The van der Waals surface area contributed by atoms with Gasteiger partial charge in [0, 0.05) is 44.8 Å². The molecule has 0 saturated carbocycles. The van der Waals surface area contributed by atoms with E-state index in [1.54, 1.807) is 99.6 Å². The van der Waals surface area contributed by atoms with Crippen molar-refractivity contribution in [3.05, 3.63) is 35.9 Å². The largest absolute Gasteiger partial charge is 0.481 e. The third kappa shape index (κ3) is 42.8. The number of nitrogens with two attached hydrogens (primary N) is 5. The van der Waals surface area contributed by atoms with E-state index < -0.39 is 295 Å². The van der Waals surface area contributed by atoms with E-state index in [1.165, 1.54) is 25.7 Å². The van der Waals surface area contributed by atoms with E-state index in [2.05, 4.69) is 97.7 Å². The van der Waals surface area contributed by atoms with Crippen molar-refractivity contribution in [2.75, 3.05) is 38.5 Å². The Morgan fingerprint density at radius 1 is 0.418 bits per heavy atom. The summed E-state index contributed by atoms with van der Waals surface area (Å²) in [5, 5.41) is 96.2. The fraction of sp³-hybridized carbons (Fsp3) is 0.692. The molecule has 49 nitrogen and oxygen atoms in total. The number of unbranched alkanes of at least 4 members (excludes halogenated alkanes) is 1. The van der Waals surface area contributed by atoms with Crippen LogP contribution < -0.4 is 114 Å². The van der Waals surface area contributed by atoms with Crippen molar-refractivity contribution in [1.82, 2.24) is 94.9 Å². The van der Waals surface area contributed by atoms with Crippen molar-refractivity contribution in [2.45, 2.75) is 327 Å². The molecule has 141 heavy (non-hydrogen) atoms. The number of aliphatic hydroxyl groups is 1. The Kier molecular flexibility index (Phi) is 53.8. The second-order valence-corrected chi connectivity index (χ2v) is 37.9. The quantitative estimate of drug-likeness (QED) is 0.0126. The number of nitrogens with zero attached hydrogens (tertiary/aromatic N) is 2. The van der Waals surface area contributed by atoms with Crippen LogP contribution in [-0.4, -0.2) is 308 Å². The molecule has 0 spiro atoms. The first kappa shape index (κ1) is 123. The van der Waals surface area contributed by atoms with Crippen molar-refractivity contribution in [2.24, 2.45) is 64.2 Å². The Balaban J connectivity index is 1.91. The zero-order valence-electron chi connectivity index (χ0n) is 82.8. The van der Waals surface area contributed by atoms with E-state index in [1.807, 2.05) is 0 Å². The summed E-state index contributed by atoms with van der Waals surface area (Å²) in [4.78, 5) is 281. The van der Waals surface area contributed by atoms with Gasteiger partial charge in [-0.05, 0) is 157 Å². The smallest absolute Gasteiger partial charge is 0.326 e. The Morgan fingerprint density at radius 2 is 0.773 bits per heavy atom. The highest BCUT2D eigenvalue weighted by molar-refractivity contribution is 7.80. The number of hydrogen-bond donors (Lipinski definition) is 28. The number of carbonyl (C=O) groups is 20. The standard InChI is InChI=1S/C91H153N25O24S/c1-14-50(12)71(86(136)112-70(49(10)11)84(134)105-58(89(139)140)32-34-67(121)122)113-75(125)54(26-18-19-35-92)101-78(128)61(43-65(94)118)107-82(132)63-29-22-38-115(63)87(137)57(28-21-37-100-91(97)98)104-83(133)68(47(6)7)110-76(126)56(31-33-66(119)120)102-80(130)62(44-141)109-77(127)59(40-45(2)3)108-85(135)69(48(8)9)111-79(129)60(41-46(4)5)106-74(124)55(27-20-36-99-90(95)96)103-81(131)64-30-23-39-116(64)88(138)72(51(13)117)114-73(123)53(93)42-52-24-16-15-17-25-52/h15-17,24-25,45-51,53-64,68-72,117,141H,14,18-23,26-44,92-93H2,1-13H3,(H2,94,118)(H,101,128)(H,102,130)(H,103,131)(H,104,133)(H,105,134)(H,106,124)(H,107,132)(H,108,135)(H,109,127)(H,110,126)(H,111,129)(H,112,136)(H,113,125)(H,114,123)(H,119,120)(H,121,122)(H,139,140)(H4,95,96,99)(H4,97,98,100)/t50-,51+,53-,54-,55-,56-,57-,58-,59-,60-,61-,62-,63-,64-,68-,69-,70-,71-,72-/m0/s1. The first-order valence-corrected chi connectivity index (χ1v) is 48.6. The average Bonchev–Trinajstić information content (AvgIpc) is 1.78. The number of aliphatic hydroxyl groups excluding tert-OH is 1. The molecule has 0 bridgehead atoms. The second kappa shape index (κ2) is 61.8. The van der Waals surface area contributed by atoms with Gasteiger partial charge < -0.3 is 144 Å². The summed E-state index contributed by atoms with van der Waals surface area (Å²) in [5.41, 5.74) is 29.5. The Labute approximate surface area is 826 Å². The molecule has 1 aromatic rings. The van der Waals surface area contributed by atoms with Crippen molar-refractivity contribution >= 4 is 143 Å². The highest BCUT2D eigenvalue weighted by Gasteiger charge is 2.46. The third-order valence-electron chi connectivity index (χ3n) is 23.8. The number of carbonyl (C=O) groups excluding carboxylic acids is 17. The van der Waals surface area contributed by atoms with Crippen LogP contribution in [0.3, 0.4) is 0 Å². The number of amides is 17. The minimum absolute atomic E-state index is 0.0167. The number of primary amides is 1. The highest BCUT2D eigenvalue weighted by Crippen LogP contribution is 2.25. The Bertz CT molecular complexity index is 4440. The van der Waals surface area contributed by atoms with Gasteiger partial charge in [-0.15, -0.1) is 0 Å². The fourth-order valence-electron chi connectivity index (χ4n) is 15.7. The predicted molar refractivity (Wildman–Crippen MR) is 519 cm³/mol. The number of carboxylic acid groups (broad SMARTS) is 3. The molecule has 0 radical (unpaired) electrons. The number of benzene rings is 1. The van der Waals surface area contributed by atoms with E-state index in [9.17, 15) is 106 Å². The van der Waals surface area contributed by atoms with Crippen LogP contribution in [0.25, 0.3) is 0 Å². The Morgan fingerprint density at radius 3 is 1.21 bits per heavy atom. The number of rotatable bonds is 64. The third-order valence-corrected chi connectivity index (χ3v) is 24.1. The summed E-state index contributed by atoms with van der Waals surface area (Å²) in [6, 6.07) is -16.4. The highest BCUT2D eigenvalue weighted by atomic mass is 32.1. The van der Waals surface area contributed by atoms with E-state index in [4.69, 9.17) is 44.6 Å². The van der Waals surface area contributed by atoms with Crippen LogP contribution in [0.2, 0.25) is 0 Å². The maximum Gasteiger partial charge on any atom is 0.326 e. The number of guanidine groups is 2. The molecule has 2 heterocycles. The van der Waals surface area contributed by atoms with Gasteiger partial charge in [0.1, 0.15) is 96.7 Å². The number of likely N-dealkylation sites (tertiary alicyclic amines) is 2. The summed E-state index contributed by atoms with van der Waals surface area (Å²) in [6.45, 7) is 20.9. The van der Waals surface area contributed by atoms with Gasteiger partial charge in [-0.25, -0.2) is 4.79 Å². The van der Waals surface area contributed by atoms with E-state index in [0.29, 0.717) is 12.8 Å². The van der Waals surface area contributed by atoms with Gasteiger partial charge in [-0.1, -0.05) is 120 Å². The van der Waals surface area contributed by atoms with Crippen LogP contribution in [0, 0.1) is 46.3 Å². The van der Waals surface area contributed by atoms with Gasteiger partial charge in [0.15, 0.2) is 11.9 Å². The Hall–Kier alpha value is -12.6. The molecule has 3 rings (SSSR count). The normalized spacial score (nSPS) is 17.1. The van der Waals surface area contributed by atoms with Crippen molar-refractivity contribution in [1.29, 1.82) is 10.8 Å². The second-order valence-electron chi connectivity index (χ2n) is 37.6. The average molecular weight is 2010 g/mol. The van der Waals surface area contributed by atoms with Gasteiger partial charge in [-0.2, -0.15) is 12.6 Å². The van der Waals surface area contributed by atoms with Crippen LogP contribution in [0.1, 0.15) is 218 Å². The monoisotopic (exact) mass is 2010 g/mol. The molecule has 1 aromatic carbocycles. The number of aliphatic carboxylic acids is 3. The molecule has 17 amide bonds. The van der Waals surface area contributed by atoms with Crippen molar-refractivity contribution < 1.29 is 116 Å². The van der Waals surface area contributed by atoms with E-state index >= 15 is 4.79 Å². The first-order valence-electron chi connectivity index (χ1n) is 47.9. The molecule has 2 saturated heterocycles. The van der Waals surface area contributed by atoms with Crippen LogP contribution in [-0.2, 0) is 102 Å². The maximum atomic E-state index is 15.0. The topological polar surface area (TPSA) is 799 Å². The molecule has 19 atom stereocenters. The minimum atomic E-state index is -1.83. The summed E-state index contributed by atoms with van der Waals surface area (Å²) in [6.07, 6.45) is -3.77. The van der Waals surface area contributed by atoms with Gasteiger partial charge in [0.2, 0.25) is 100 Å². The van der Waals surface area contributed by atoms with Gasteiger partial charge >= 0.3 is 17.9 Å². The molecule has 32 N–H and O–H groups in total. The van der Waals surface area contributed by atoms with Crippen LogP contribution in [0.15, 0.2) is 30.3 Å². The molecular formula is C91H153N25O24S.